The van der Waals surface area contributed by atoms with Crippen molar-refractivity contribution < 1.29 is 23.1 Å². The second-order valence-electron chi connectivity index (χ2n) is 7.76. The molecule has 9 heteroatoms. The van der Waals surface area contributed by atoms with Gasteiger partial charge in [0.1, 0.15) is 0 Å². The van der Waals surface area contributed by atoms with E-state index < -0.39 is 22.0 Å². The zero-order valence-corrected chi connectivity index (χ0v) is 18.4. The van der Waals surface area contributed by atoms with Gasteiger partial charge in [-0.25, -0.2) is 8.42 Å². The molecular formula is C22H27N3O5S. The molecule has 1 fully saturated rings. The first-order chi connectivity index (χ1) is 14.7. The van der Waals surface area contributed by atoms with Gasteiger partial charge in [-0.2, -0.15) is 0 Å². The zero-order chi connectivity index (χ0) is 22.6. The van der Waals surface area contributed by atoms with Crippen LogP contribution in [0.5, 0.6) is 0 Å². The van der Waals surface area contributed by atoms with Gasteiger partial charge in [0.25, 0.3) is 15.9 Å². The smallest absolute Gasteiger partial charge is 0.262 e. The van der Waals surface area contributed by atoms with E-state index in [-0.39, 0.29) is 35.1 Å². The van der Waals surface area contributed by atoms with E-state index in [0.717, 1.165) is 12.0 Å². The van der Waals surface area contributed by atoms with Crippen molar-refractivity contribution in [2.75, 3.05) is 24.4 Å². The Balaban J connectivity index is 1.63. The third kappa shape index (κ3) is 5.83. The molecule has 1 saturated heterocycles. The number of hydrogen-bond acceptors (Lipinski definition) is 5. The van der Waals surface area contributed by atoms with Gasteiger partial charge in [0, 0.05) is 37.3 Å². The third-order valence-electron chi connectivity index (χ3n) is 5.11. The second kappa shape index (κ2) is 9.49. The van der Waals surface area contributed by atoms with E-state index in [9.17, 15) is 23.1 Å². The van der Waals surface area contributed by atoms with Crippen molar-refractivity contribution >= 4 is 27.5 Å². The van der Waals surface area contributed by atoms with Crippen LogP contribution in [-0.2, 0) is 14.8 Å². The Morgan fingerprint density at radius 2 is 1.97 bits per heavy atom. The molecule has 1 heterocycles. The molecule has 0 saturated carbocycles. The number of amides is 2. The molecule has 0 bridgehead atoms. The highest BCUT2D eigenvalue weighted by molar-refractivity contribution is 7.92. The minimum atomic E-state index is -3.81. The lowest BCUT2D eigenvalue weighted by molar-refractivity contribution is -0.128. The SMILES string of the molecule is Cc1ccc(C)c(S(=O)(=O)Nc2cccc(C(=O)NC[C@H](O)CN3CCCC3=O)c2)c1. The fraction of sp³-hybridized carbons (Fsp3) is 0.364. The summed E-state index contributed by atoms with van der Waals surface area (Å²) in [6.07, 6.45) is 0.393. The van der Waals surface area contributed by atoms with E-state index in [1.165, 1.54) is 6.07 Å². The van der Waals surface area contributed by atoms with Crippen LogP contribution in [0.1, 0.15) is 34.3 Å². The molecule has 0 aliphatic carbocycles. The lowest BCUT2D eigenvalue weighted by Gasteiger charge is -2.20. The van der Waals surface area contributed by atoms with Gasteiger partial charge in [-0.05, 0) is 55.7 Å². The van der Waals surface area contributed by atoms with E-state index in [2.05, 4.69) is 10.0 Å². The van der Waals surface area contributed by atoms with Gasteiger partial charge in [0.15, 0.2) is 0 Å². The molecule has 0 spiro atoms. The summed E-state index contributed by atoms with van der Waals surface area (Å²) in [5.74, 6) is -0.436. The van der Waals surface area contributed by atoms with Crippen LogP contribution in [0.3, 0.4) is 0 Å². The average molecular weight is 446 g/mol. The van der Waals surface area contributed by atoms with Crippen molar-refractivity contribution in [1.82, 2.24) is 10.2 Å². The summed E-state index contributed by atoms with van der Waals surface area (Å²) in [5.41, 5.74) is 1.97. The van der Waals surface area contributed by atoms with Crippen LogP contribution in [-0.4, -0.2) is 56.0 Å². The first-order valence-electron chi connectivity index (χ1n) is 10.1. The van der Waals surface area contributed by atoms with Crippen LogP contribution in [0.25, 0.3) is 0 Å². The van der Waals surface area contributed by atoms with Gasteiger partial charge >= 0.3 is 0 Å². The summed E-state index contributed by atoms with van der Waals surface area (Å²) in [7, 11) is -3.81. The van der Waals surface area contributed by atoms with E-state index >= 15 is 0 Å². The number of anilines is 1. The Morgan fingerprint density at radius 1 is 1.19 bits per heavy atom. The number of benzene rings is 2. The van der Waals surface area contributed by atoms with Crippen molar-refractivity contribution in [3.05, 3.63) is 59.2 Å². The van der Waals surface area contributed by atoms with Crippen molar-refractivity contribution in [3.8, 4) is 0 Å². The number of nitrogens with zero attached hydrogens (tertiary/aromatic N) is 1. The molecule has 3 rings (SSSR count). The normalized spacial score (nSPS) is 15.1. The molecule has 3 N–H and O–H groups in total. The highest BCUT2D eigenvalue weighted by Gasteiger charge is 2.23. The topological polar surface area (TPSA) is 116 Å². The maximum atomic E-state index is 12.8. The van der Waals surface area contributed by atoms with Crippen LogP contribution in [0, 0.1) is 13.8 Å². The molecule has 1 aliphatic heterocycles. The van der Waals surface area contributed by atoms with Gasteiger partial charge in [0.2, 0.25) is 5.91 Å². The first kappa shape index (κ1) is 22.8. The third-order valence-corrected chi connectivity index (χ3v) is 6.63. The second-order valence-corrected chi connectivity index (χ2v) is 9.41. The molecule has 0 radical (unpaired) electrons. The number of aryl methyl sites for hydroxylation is 2. The Kier molecular flexibility index (Phi) is 6.97. The number of aliphatic hydroxyl groups excluding tert-OH is 1. The summed E-state index contributed by atoms with van der Waals surface area (Å²) in [6, 6.07) is 11.3. The highest BCUT2D eigenvalue weighted by atomic mass is 32.2. The van der Waals surface area contributed by atoms with Crippen molar-refractivity contribution in [2.24, 2.45) is 0 Å². The van der Waals surface area contributed by atoms with Gasteiger partial charge < -0.3 is 15.3 Å². The van der Waals surface area contributed by atoms with E-state index in [4.69, 9.17) is 0 Å². The number of hydrogen-bond donors (Lipinski definition) is 3. The maximum absolute atomic E-state index is 12.8. The maximum Gasteiger partial charge on any atom is 0.262 e. The molecule has 0 aromatic heterocycles. The number of aliphatic hydroxyl groups is 1. The molecule has 1 aliphatic rings. The quantitative estimate of drug-likeness (QED) is 0.573. The minimum Gasteiger partial charge on any atom is -0.389 e. The number of likely N-dealkylation sites (tertiary alicyclic amines) is 1. The van der Waals surface area contributed by atoms with Gasteiger partial charge in [-0.15, -0.1) is 0 Å². The molecule has 31 heavy (non-hydrogen) atoms. The molecule has 1 atom stereocenters. The minimum absolute atomic E-state index is 0.00853. The number of rotatable bonds is 8. The summed E-state index contributed by atoms with van der Waals surface area (Å²) in [5, 5.41) is 12.7. The summed E-state index contributed by atoms with van der Waals surface area (Å²) >= 11 is 0. The van der Waals surface area contributed by atoms with Crippen molar-refractivity contribution in [2.45, 2.75) is 37.7 Å². The predicted octanol–water partition coefficient (Wildman–Crippen LogP) is 1.82. The summed E-state index contributed by atoms with van der Waals surface area (Å²) in [4.78, 5) is 25.9. The summed E-state index contributed by atoms with van der Waals surface area (Å²) in [6.45, 7) is 4.32. The standard InChI is InChI=1S/C22H27N3O5S/c1-15-8-9-16(2)20(11-15)31(29,30)24-18-6-3-5-17(12-18)22(28)23-13-19(26)14-25-10-4-7-21(25)27/h3,5-6,8-9,11-12,19,24,26H,4,7,10,13-14H2,1-2H3,(H,23,28)/t19-/m0/s1. The van der Waals surface area contributed by atoms with Crippen molar-refractivity contribution in [3.63, 3.8) is 0 Å². The Hall–Kier alpha value is -2.91. The predicted molar refractivity (Wildman–Crippen MR) is 117 cm³/mol. The monoisotopic (exact) mass is 445 g/mol. The van der Waals surface area contributed by atoms with Gasteiger partial charge in [0.05, 0.1) is 11.0 Å². The fourth-order valence-corrected chi connectivity index (χ4v) is 4.84. The average Bonchev–Trinajstić information content (AvgIpc) is 3.12. The molecule has 2 amide bonds. The lowest BCUT2D eigenvalue weighted by Crippen LogP contribution is -2.40. The Morgan fingerprint density at radius 3 is 2.68 bits per heavy atom. The summed E-state index contributed by atoms with van der Waals surface area (Å²) < 4.78 is 28.1. The number of carbonyl (C=O) groups is 2. The molecular weight excluding hydrogens is 418 g/mol. The Labute approximate surface area is 182 Å². The van der Waals surface area contributed by atoms with Crippen LogP contribution in [0.4, 0.5) is 5.69 Å². The van der Waals surface area contributed by atoms with Crippen LogP contribution < -0.4 is 10.0 Å². The first-order valence-corrected chi connectivity index (χ1v) is 11.6. The highest BCUT2D eigenvalue weighted by Crippen LogP contribution is 2.21. The number of β-amino-alcohol motifs (C(OH)–C–C–N with tert-alkyl or cyclic N) is 1. The van der Waals surface area contributed by atoms with E-state index in [1.54, 1.807) is 42.2 Å². The molecule has 2 aromatic carbocycles. The molecule has 2 aromatic rings. The van der Waals surface area contributed by atoms with Crippen LogP contribution in [0.2, 0.25) is 0 Å². The van der Waals surface area contributed by atoms with E-state index in [1.807, 2.05) is 13.0 Å². The Bertz CT molecular complexity index is 1080. The molecule has 0 unspecified atom stereocenters. The van der Waals surface area contributed by atoms with Gasteiger partial charge in [-0.3, -0.25) is 14.3 Å². The van der Waals surface area contributed by atoms with Crippen LogP contribution >= 0.6 is 0 Å². The van der Waals surface area contributed by atoms with Gasteiger partial charge in [-0.1, -0.05) is 18.2 Å². The number of carbonyl (C=O) groups excluding carboxylic acids is 2. The lowest BCUT2D eigenvalue weighted by atomic mass is 10.2. The molecule has 166 valence electrons. The fourth-order valence-electron chi connectivity index (χ4n) is 3.46. The number of nitrogens with one attached hydrogen (secondary N) is 2. The number of sulfonamides is 1. The zero-order valence-electron chi connectivity index (χ0n) is 17.6. The largest absolute Gasteiger partial charge is 0.389 e. The van der Waals surface area contributed by atoms with Crippen molar-refractivity contribution in [1.29, 1.82) is 0 Å². The van der Waals surface area contributed by atoms with E-state index in [0.29, 0.717) is 18.5 Å². The van der Waals surface area contributed by atoms with Crippen LogP contribution in [0.15, 0.2) is 47.4 Å². The molecule has 8 nitrogen and oxygen atoms in total.